The minimum absolute atomic E-state index is 0.0552. The normalized spacial score (nSPS) is 12.2. The molecule has 0 aliphatic carbocycles. The fraction of sp³-hybridized carbons (Fsp3) is 0.235. The molecular formula is C17H13ClF3N5O3S. The van der Waals surface area contributed by atoms with Crippen molar-refractivity contribution >= 4 is 26.7 Å². The lowest BCUT2D eigenvalue weighted by molar-refractivity contribution is -0.137. The molecule has 0 bridgehead atoms. The van der Waals surface area contributed by atoms with Crippen molar-refractivity contribution in [2.45, 2.75) is 18.0 Å². The lowest BCUT2D eigenvalue weighted by atomic mass is 10.2. The maximum atomic E-state index is 13.0. The van der Waals surface area contributed by atoms with Crippen LogP contribution in [-0.2, 0) is 23.1 Å². The van der Waals surface area contributed by atoms with Crippen LogP contribution in [0.4, 0.5) is 13.2 Å². The van der Waals surface area contributed by atoms with Gasteiger partial charge in [-0.2, -0.15) is 13.2 Å². The van der Waals surface area contributed by atoms with E-state index in [4.69, 9.17) is 11.6 Å². The van der Waals surface area contributed by atoms with Gasteiger partial charge in [-0.05, 0) is 35.9 Å². The molecule has 158 valence electrons. The van der Waals surface area contributed by atoms with Crippen molar-refractivity contribution in [3.05, 3.63) is 41.7 Å². The SMILES string of the molecule is CCS(=O)(=O)c1ccc(C(=O)Cl)nc1-c1nnc(-c2cc(C(F)(F)F)ccn2)n1C. The molecule has 30 heavy (non-hydrogen) atoms. The Labute approximate surface area is 173 Å². The van der Waals surface area contributed by atoms with Gasteiger partial charge in [0.25, 0.3) is 5.24 Å². The molecule has 3 rings (SSSR count). The van der Waals surface area contributed by atoms with E-state index < -0.39 is 26.8 Å². The fourth-order valence-electron chi connectivity index (χ4n) is 2.61. The van der Waals surface area contributed by atoms with Crippen molar-refractivity contribution in [1.29, 1.82) is 0 Å². The monoisotopic (exact) mass is 459 g/mol. The summed E-state index contributed by atoms with van der Waals surface area (Å²) in [5, 5.41) is 6.79. The number of sulfone groups is 1. The molecule has 0 saturated carbocycles. The maximum absolute atomic E-state index is 13.0. The van der Waals surface area contributed by atoms with Crippen molar-refractivity contribution in [1.82, 2.24) is 24.7 Å². The summed E-state index contributed by atoms with van der Waals surface area (Å²) >= 11 is 5.45. The van der Waals surface area contributed by atoms with Crippen LogP contribution in [0.1, 0.15) is 23.0 Å². The molecule has 0 atom stereocenters. The van der Waals surface area contributed by atoms with Crippen LogP contribution in [0.3, 0.4) is 0 Å². The quantitative estimate of drug-likeness (QED) is 0.539. The van der Waals surface area contributed by atoms with Gasteiger partial charge in [-0.25, -0.2) is 13.4 Å². The molecule has 0 saturated heterocycles. The maximum Gasteiger partial charge on any atom is 0.416 e. The highest BCUT2D eigenvalue weighted by molar-refractivity contribution is 7.91. The Kier molecular flexibility index (Phi) is 5.65. The zero-order valence-corrected chi connectivity index (χ0v) is 17.0. The number of halogens is 4. The fourth-order valence-corrected chi connectivity index (χ4v) is 3.73. The number of pyridine rings is 2. The van der Waals surface area contributed by atoms with E-state index >= 15 is 0 Å². The van der Waals surface area contributed by atoms with Gasteiger partial charge in [0.15, 0.2) is 21.5 Å². The lowest BCUT2D eigenvalue weighted by Gasteiger charge is -2.10. The minimum Gasteiger partial charge on any atom is -0.307 e. The predicted octanol–water partition coefficient (Wildman–Crippen LogP) is 3.13. The number of carbonyl (C=O) groups is 1. The molecule has 0 amide bonds. The van der Waals surface area contributed by atoms with E-state index in [0.717, 1.165) is 24.4 Å². The van der Waals surface area contributed by atoms with E-state index in [9.17, 15) is 26.4 Å². The van der Waals surface area contributed by atoms with Crippen LogP contribution in [-0.4, -0.2) is 44.1 Å². The summed E-state index contributed by atoms with van der Waals surface area (Å²) in [6.45, 7) is 1.42. The van der Waals surface area contributed by atoms with Crippen LogP contribution in [0.15, 0.2) is 35.4 Å². The number of hydrogen-bond donors (Lipinski definition) is 0. The van der Waals surface area contributed by atoms with E-state index in [2.05, 4.69) is 20.2 Å². The molecule has 13 heteroatoms. The molecule has 0 aliphatic rings. The summed E-state index contributed by atoms with van der Waals surface area (Å²) in [5.41, 5.74) is -1.48. The van der Waals surface area contributed by atoms with E-state index in [-0.39, 0.29) is 39.4 Å². The first-order chi connectivity index (χ1) is 14.0. The van der Waals surface area contributed by atoms with Crippen LogP contribution in [0.25, 0.3) is 23.0 Å². The van der Waals surface area contributed by atoms with Gasteiger partial charge < -0.3 is 4.57 Å². The highest BCUT2D eigenvalue weighted by Gasteiger charge is 2.31. The largest absolute Gasteiger partial charge is 0.416 e. The average Bonchev–Trinajstić information content (AvgIpc) is 3.08. The van der Waals surface area contributed by atoms with Crippen molar-refractivity contribution in [3.8, 4) is 23.0 Å². The first kappa shape index (κ1) is 21.8. The second-order valence-corrected chi connectivity index (χ2v) is 8.64. The molecule has 0 N–H and O–H groups in total. The topological polar surface area (TPSA) is 108 Å². The zero-order chi connectivity index (χ0) is 22.3. The highest BCUT2D eigenvalue weighted by Crippen LogP contribution is 2.32. The predicted molar refractivity (Wildman–Crippen MR) is 100 cm³/mol. The zero-order valence-electron chi connectivity index (χ0n) is 15.5. The molecular weight excluding hydrogens is 447 g/mol. The van der Waals surface area contributed by atoms with E-state index in [0.29, 0.717) is 0 Å². The Hall–Kier alpha value is -2.86. The molecule has 3 aromatic rings. The number of nitrogens with zero attached hydrogens (tertiary/aromatic N) is 5. The Morgan fingerprint density at radius 2 is 1.83 bits per heavy atom. The number of carbonyl (C=O) groups excluding carboxylic acids is 1. The van der Waals surface area contributed by atoms with Crippen molar-refractivity contribution in [2.75, 3.05) is 5.75 Å². The standard InChI is InChI=1S/C17H13ClF3N5O3S/c1-3-30(28,29)12-5-4-10(14(18)27)23-13(12)16-25-24-15(26(16)2)11-8-9(6-7-22-11)17(19,20)21/h4-8H,3H2,1-2H3. The smallest absolute Gasteiger partial charge is 0.307 e. The van der Waals surface area contributed by atoms with Gasteiger partial charge in [-0.15, -0.1) is 10.2 Å². The summed E-state index contributed by atoms with van der Waals surface area (Å²) < 4.78 is 65.2. The summed E-state index contributed by atoms with van der Waals surface area (Å²) in [7, 11) is -2.37. The number of alkyl halides is 3. The first-order valence-corrected chi connectivity index (χ1v) is 10.4. The van der Waals surface area contributed by atoms with E-state index in [1.807, 2.05) is 0 Å². The molecule has 0 aromatic carbocycles. The van der Waals surface area contributed by atoms with Crippen molar-refractivity contribution in [2.24, 2.45) is 7.05 Å². The third kappa shape index (κ3) is 4.05. The Balaban J connectivity index is 2.22. The van der Waals surface area contributed by atoms with Gasteiger partial charge in [-0.3, -0.25) is 9.78 Å². The average molecular weight is 460 g/mol. The van der Waals surface area contributed by atoms with Crippen molar-refractivity contribution in [3.63, 3.8) is 0 Å². The van der Waals surface area contributed by atoms with Gasteiger partial charge in [-0.1, -0.05) is 6.92 Å². The minimum atomic E-state index is -4.59. The van der Waals surface area contributed by atoms with Gasteiger partial charge in [0.1, 0.15) is 17.1 Å². The molecule has 0 radical (unpaired) electrons. The number of hydrogen-bond acceptors (Lipinski definition) is 7. The van der Waals surface area contributed by atoms with Crippen LogP contribution in [0, 0.1) is 0 Å². The Morgan fingerprint density at radius 3 is 2.43 bits per heavy atom. The molecule has 0 fully saturated rings. The van der Waals surface area contributed by atoms with Crippen LogP contribution >= 0.6 is 11.6 Å². The third-order valence-corrected chi connectivity index (χ3v) is 6.13. The van der Waals surface area contributed by atoms with Gasteiger partial charge in [0, 0.05) is 13.2 Å². The van der Waals surface area contributed by atoms with Gasteiger partial charge >= 0.3 is 6.18 Å². The van der Waals surface area contributed by atoms with Crippen LogP contribution in [0.2, 0.25) is 0 Å². The summed E-state index contributed by atoms with van der Waals surface area (Å²) in [6.07, 6.45) is -3.61. The Bertz CT molecular complexity index is 1240. The van der Waals surface area contributed by atoms with Gasteiger partial charge in [0.2, 0.25) is 0 Å². The summed E-state index contributed by atoms with van der Waals surface area (Å²) in [6, 6.07) is 3.94. The lowest BCUT2D eigenvalue weighted by Crippen LogP contribution is -2.11. The molecule has 8 nitrogen and oxygen atoms in total. The highest BCUT2D eigenvalue weighted by atomic mass is 35.5. The van der Waals surface area contributed by atoms with Crippen LogP contribution < -0.4 is 0 Å². The third-order valence-electron chi connectivity index (χ3n) is 4.18. The molecule has 3 aromatic heterocycles. The first-order valence-electron chi connectivity index (χ1n) is 8.32. The molecule has 0 spiro atoms. The molecule has 3 heterocycles. The number of rotatable bonds is 5. The molecule has 0 aliphatic heterocycles. The van der Waals surface area contributed by atoms with Crippen molar-refractivity contribution < 1.29 is 26.4 Å². The second kappa shape index (κ2) is 7.76. The van der Waals surface area contributed by atoms with E-state index in [1.165, 1.54) is 24.6 Å². The summed E-state index contributed by atoms with van der Waals surface area (Å²) in [4.78, 5) is 19.2. The number of aromatic nitrogens is 5. The molecule has 0 unspecified atom stereocenters. The van der Waals surface area contributed by atoms with E-state index in [1.54, 1.807) is 0 Å². The Morgan fingerprint density at radius 1 is 1.17 bits per heavy atom. The van der Waals surface area contributed by atoms with Crippen LogP contribution in [0.5, 0.6) is 0 Å². The second-order valence-electron chi connectivity index (χ2n) is 6.05. The summed E-state index contributed by atoms with van der Waals surface area (Å²) in [5.74, 6) is -0.396. The van der Waals surface area contributed by atoms with Gasteiger partial charge in [0.05, 0.1) is 16.2 Å².